The summed E-state index contributed by atoms with van der Waals surface area (Å²) in [7, 11) is 0. The number of rotatable bonds is 6. The third kappa shape index (κ3) is 6.59. The summed E-state index contributed by atoms with van der Waals surface area (Å²) >= 11 is 14.2. The Labute approximate surface area is 238 Å². The molecule has 31 heavy (non-hydrogen) atoms. The predicted molar refractivity (Wildman–Crippen MR) is 138 cm³/mol. The van der Waals surface area contributed by atoms with E-state index < -0.39 is 8.25 Å². The van der Waals surface area contributed by atoms with Crippen LogP contribution in [0, 0.1) is 28.6 Å². The number of carbonyl (C=O) groups excluding carboxylic acids is 1. The van der Waals surface area contributed by atoms with Crippen molar-refractivity contribution in [2.24, 2.45) is 17.3 Å². The van der Waals surface area contributed by atoms with E-state index in [1.54, 1.807) is 24.3 Å². The molecule has 0 N–H and O–H groups in total. The van der Waals surface area contributed by atoms with Crippen LogP contribution < -0.4 is 4.74 Å². The zero-order chi connectivity index (χ0) is 22.1. The summed E-state index contributed by atoms with van der Waals surface area (Å²) in [6.45, 7) is 4.04. The van der Waals surface area contributed by atoms with E-state index in [1.807, 2.05) is 44.2 Å². The zero-order valence-corrected chi connectivity index (χ0v) is 22.5. The number of hydrogen-bond acceptors (Lipinski definition) is 4. The molecule has 1 saturated carbocycles. The van der Waals surface area contributed by atoms with Gasteiger partial charge in [-0.2, -0.15) is 5.26 Å². The van der Waals surface area contributed by atoms with Gasteiger partial charge < -0.3 is 9.47 Å². The first-order valence-electron chi connectivity index (χ1n) is 9.19. The normalized spacial score (nSPS) is 21.1. The Morgan fingerprint density at radius 1 is 1.10 bits per heavy atom. The topological polar surface area (TPSA) is 59.3 Å². The van der Waals surface area contributed by atoms with Gasteiger partial charge in [0.2, 0.25) is 6.10 Å². The van der Waals surface area contributed by atoms with E-state index in [9.17, 15) is 10.1 Å². The molecule has 0 saturated heterocycles. The Balaban J connectivity index is 0.00000341. The molecule has 0 heterocycles. The molecular weight excluding hydrogens is 669 g/mol. The first-order valence-corrected chi connectivity index (χ1v) is 12.5. The third-order valence-electron chi connectivity index (χ3n) is 5.28. The van der Waals surface area contributed by atoms with Crippen LogP contribution in [-0.4, -0.2) is 42.5 Å². The quantitative estimate of drug-likeness (QED) is 0.190. The van der Waals surface area contributed by atoms with Crippen LogP contribution in [0.15, 0.2) is 54.6 Å². The number of halogens is 4. The summed E-state index contributed by atoms with van der Waals surface area (Å²) in [5, 5.41) is 9.65. The van der Waals surface area contributed by atoms with Crippen molar-refractivity contribution in [3.05, 3.63) is 60.2 Å². The van der Waals surface area contributed by atoms with Gasteiger partial charge >= 0.3 is 35.5 Å². The maximum atomic E-state index is 12.9. The van der Waals surface area contributed by atoms with Crippen LogP contribution in [0.4, 0.5) is 0 Å². The van der Waals surface area contributed by atoms with Gasteiger partial charge in [-0.3, -0.25) is 4.79 Å². The second-order valence-corrected chi connectivity index (χ2v) is 15.6. The van der Waals surface area contributed by atoms with Gasteiger partial charge in [-0.05, 0) is 35.6 Å². The van der Waals surface area contributed by atoms with E-state index in [1.165, 1.54) is 0 Å². The SMILES string of the molecule is CC1(C)[C@H](C(=O)O[C@@H](C#N)c2cccc(Oc3ccccc3)c2)[C@@H]1C(Br)C(Br)(Br)Br.[NaH]. The van der Waals surface area contributed by atoms with Crippen LogP contribution in [-0.2, 0) is 9.53 Å². The van der Waals surface area contributed by atoms with E-state index >= 15 is 0 Å². The second kappa shape index (κ2) is 11.0. The van der Waals surface area contributed by atoms with Gasteiger partial charge in [0.25, 0.3) is 0 Å². The fraction of sp³-hybridized carbons (Fsp3) is 0.364. The van der Waals surface area contributed by atoms with Crippen molar-refractivity contribution >= 4 is 99.2 Å². The van der Waals surface area contributed by atoms with Gasteiger partial charge in [0.05, 0.1) is 10.7 Å². The number of para-hydroxylation sites is 1. The van der Waals surface area contributed by atoms with Crippen LogP contribution in [0.3, 0.4) is 0 Å². The molecule has 2 aromatic carbocycles. The van der Waals surface area contributed by atoms with Crippen molar-refractivity contribution in [1.82, 2.24) is 0 Å². The van der Waals surface area contributed by atoms with Crippen LogP contribution in [0.2, 0.25) is 0 Å². The van der Waals surface area contributed by atoms with E-state index in [0.717, 1.165) is 0 Å². The Bertz CT molecular complexity index is 959. The summed E-state index contributed by atoms with van der Waals surface area (Å²) in [4.78, 5) is 12.8. The molecular formula is C22H20Br4NNaO3. The van der Waals surface area contributed by atoms with Gasteiger partial charge in [-0.1, -0.05) is 108 Å². The van der Waals surface area contributed by atoms with E-state index in [-0.39, 0.29) is 57.6 Å². The Kier molecular flexibility index (Phi) is 9.74. The number of ether oxygens (including phenoxy) is 2. The molecule has 4 atom stereocenters. The molecule has 1 aliphatic rings. The zero-order valence-electron chi connectivity index (χ0n) is 16.2. The second-order valence-electron chi connectivity index (χ2n) is 7.70. The van der Waals surface area contributed by atoms with E-state index in [0.29, 0.717) is 17.1 Å². The van der Waals surface area contributed by atoms with Crippen molar-refractivity contribution in [2.45, 2.75) is 26.9 Å². The standard InChI is InChI=1S/C22H19Br4NO3.Na.H/c1-21(2)17(19(23)22(24,25)26)18(21)20(28)30-16(12-27)13-7-6-10-15(11-13)29-14-8-4-3-5-9-14;;/h3-11,16-19H,1-2H3;;/t16-,17+,18-,19?;;/m0../s1. The molecule has 160 valence electrons. The number of hydrogen-bond donors (Lipinski definition) is 0. The fourth-order valence-electron chi connectivity index (χ4n) is 3.60. The molecule has 4 nitrogen and oxygen atoms in total. The average molecular weight is 689 g/mol. The van der Waals surface area contributed by atoms with Crippen LogP contribution in [0.1, 0.15) is 25.5 Å². The Morgan fingerprint density at radius 3 is 2.29 bits per heavy atom. The minimum atomic E-state index is -1.01. The summed E-state index contributed by atoms with van der Waals surface area (Å²) in [6, 6.07) is 18.5. The third-order valence-corrected chi connectivity index (χ3v) is 9.86. The van der Waals surface area contributed by atoms with Crippen molar-refractivity contribution in [2.75, 3.05) is 0 Å². The van der Waals surface area contributed by atoms with Crippen molar-refractivity contribution in [3.8, 4) is 17.6 Å². The molecule has 1 aliphatic carbocycles. The molecule has 9 heteroatoms. The van der Waals surface area contributed by atoms with E-state index in [4.69, 9.17) is 9.47 Å². The van der Waals surface area contributed by atoms with E-state index in [2.05, 4.69) is 69.8 Å². The van der Waals surface area contributed by atoms with Crippen LogP contribution in [0.25, 0.3) is 0 Å². The van der Waals surface area contributed by atoms with Crippen LogP contribution >= 0.6 is 63.7 Å². The average Bonchev–Trinajstić information content (AvgIpc) is 3.27. The maximum absolute atomic E-state index is 12.9. The van der Waals surface area contributed by atoms with Gasteiger partial charge in [0.15, 0.2) is 0 Å². The van der Waals surface area contributed by atoms with Gasteiger partial charge in [0.1, 0.15) is 19.7 Å². The van der Waals surface area contributed by atoms with Crippen LogP contribution in [0.5, 0.6) is 11.5 Å². The number of carbonyl (C=O) groups is 1. The first-order chi connectivity index (χ1) is 14.1. The summed E-state index contributed by atoms with van der Waals surface area (Å²) < 4.78 is 10.9. The van der Waals surface area contributed by atoms with Crippen molar-refractivity contribution in [1.29, 1.82) is 5.26 Å². The van der Waals surface area contributed by atoms with Gasteiger partial charge in [0, 0.05) is 5.56 Å². The Morgan fingerprint density at radius 2 is 1.71 bits per heavy atom. The molecule has 0 aliphatic heterocycles. The summed E-state index contributed by atoms with van der Waals surface area (Å²) in [5.74, 6) is 0.576. The minimum absolute atomic E-state index is 0. The van der Waals surface area contributed by atoms with Crippen molar-refractivity contribution < 1.29 is 14.3 Å². The number of nitriles is 1. The molecule has 1 fully saturated rings. The number of benzene rings is 2. The number of esters is 1. The molecule has 3 rings (SSSR count). The molecule has 0 bridgehead atoms. The van der Waals surface area contributed by atoms with Gasteiger partial charge in [-0.15, -0.1) is 0 Å². The fourth-order valence-corrected chi connectivity index (χ4v) is 5.44. The summed E-state index contributed by atoms with van der Waals surface area (Å²) in [6.07, 6.45) is -1.01. The number of alkyl halides is 4. The Hall–Kier alpha value is 0.120. The molecule has 1 unspecified atom stereocenters. The predicted octanol–water partition coefficient (Wildman–Crippen LogP) is 6.81. The monoisotopic (exact) mass is 685 g/mol. The molecule has 2 aromatic rings. The van der Waals surface area contributed by atoms with Crippen molar-refractivity contribution in [3.63, 3.8) is 0 Å². The number of nitrogens with zero attached hydrogens (tertiary/aromatic N) is 1. The summed E-state index contributed by atoms with van der Waals surface area (Å²) in [5.41, 5.74) is 0.310. The first kappa shape index (κ1) is 27.4. The molecule has 0 amide bonds. The van der Waals surface area contributed by atoms with Gasteiger partial charge in [-0.25, -0.2) is 0 Å². The molecule has 0 aromatic heterocycles. The molecule has 0 radical (unpaired) electrons. The molecule has 0 spiro atoms.